The second-order valence-electron chi connectivity index (χ2n) is 17.9. The van der Waals surface area contributed by atoms with Gasteiger partial charge in [0.1, 0.15) is 52.1 Å². The van der Waals surface area contributed by atoms with Crippen molar-refractivity contribution in [2.75, 3.05) is 132 Å². The molecule has 0 spiro atoms. The molecule has 85 heavy (non-hydrogen) atoms. The summed E-state index contributed by atoms with van der Waals surface area (Å²) in [6.45, 7) is -2.76. The maximum Gasteiger partial charge on any atom is 0.344 e. The lowest BCUT2D eigenvalue weighted by Gasteiger charge is -2.33. The van der Waals surface area contributed by atoms with Crippen LogP contribution < -0.4 is 0 Å². The molecule has 0 N–H and O–H groups in total. The standard InChI is InChI=1S/C49H64N4O32/c54-33-1-2-34(55)50(33)82-45(66)25-41(62)78-21-17-70-9-13-74-29-49(30-75-14-10-71-18-22-79-42(63)26-46(67)83-51-35(56)3-4-36(51)57,31-76-15-11-72-19-23-80-43(64)27-47(68)84-52-37(58)5-6-38(52)59)32-77-16-12-73-20-24-81-44(65)28-48(69)85-53-39(60)7-8-40(53)61/h1-32H2. The van der Waals surface area contributed by atoms with Crippen molar-refractivity contribution < 1.29 is 153 Å². The molecule has 472 valence electrons. The van der Waals surface area contributed by atoms with Gasteiger partial charge in [0.2, 0.25) is 0 Å². The molecule has 0 aromatic rings. The van der Waals surface area contributed by atoms with Crippen molar-refractivity contribution in [1.29, 1.82) is 0 Å². The monoisotopic (exact) mass is 1220 g/mol. The van der Waals surface area contributed by atoms with Crippen LogP contribution in [0.2, 0.25) is 0 Å². The van der Waals surface area contributed by atoms with Crippen LogP contribution in [0, 0.1) is 5.41 Å². The lowest BCUT2D eigenvalue weighted by molar-refractivity contribution is -0.198. The molecule has 0 aliphatic carbocycles. The summed E-state index contributed by atoms with van der Waals surface area (Å²) in [5, 5.41) is 1.16. The second kappa shape index (κ2) is 38.0. The summed E-state index contributed by atoms with van der Waals surface area (Å²) >= 11 is 0. The maximum atomic E-state index is 12.1. The third-order valence-corrected chi connectivity index (χ3v) is 11.0. The fourth-order valence-electron chi connectivity index (χ4n) is 6.99. The van der Waals surface area contributed by atoms with Crippen LogP contribution in [0.15, 0.2) is 0 Å². The molecule has 36 nitrogen and oxygen atoms in total. The molecule has 4 fully saturated rings. The number of rotatable bonds is 44. The van der Waals surface area contributed by atoms with Crippen molar-refractivity contribution >= 4 is 95.0 Å². The van der Waals surface area contributed by atoms with Gasteiger partial charge in [-0.3, -0.25) is 57.5 Å². The topological polar surface area (TPSA) is 434 Å². The van der Waals surface area contributed by atoms with Gasteiger partial charge in [0.15, 0.2) is 0 Å². The van der Waals surface area contributed by atoms with E-state index < -0.39 is 126 Å². The van der Waals surface area contributed by atoms with E-state index in [0.29, 0.717) is 20.3 Å². The number of nitrogens with zero attached hydrogens (tertiary/aromatic N) is 4. The van der Waals surface area contributed by atoms with Crippen LogP contribution >= 0.6 is 0 Å². The first-order valence-electron chi connectivity index (χ1n) is 26.3. The normalized spacial score (nSPS) is 15.2. The third kappa shape index (κ3) is 27.1. The minimum Gasteiger partial charge on any atom is -0.463 e. The van der Waals surface area contributed by atoms with Crippen LogP contribution in [0.3, 0.4) is 0 Å². The van der Waals surface area contributed by atoms with Crippen LogP contribution in [0.25, 0.3) is 0 Å². The van der Waals surface area contributed by atoms with Crippen molar-refractivity contribution in [3.63, 3.8) is 0 Å². The summed E-state index contributed by atoms with van der Waals surface area (Å²) in [6.07, 6.45) is -4.64. The van der Waals surface area contributed by atoms with Crippen LogP contribution in [0.4, 0.5) is 0 Å². The van der Waals surface area contributed by atoms with E-state index in [4.69, 9.17) is 56.8 Å². The highest BCUT2D eigenvalue weighted by molar-refractivity contribution is 6.05. The molecule has 8 amide bonds. The average Bonchev–Trinajstić information content (AvgIpc) is 4.31. The number of imide groups is 4. The molecule has 0 aromatic heterocycles. The molecular formula is C49H64N4O32. The smallest absolute Gasteiger partial charge is 0.344 e. The fraction of sp³-hybridized carbons (Fsp3) is 0.673. The van der Waals surface area contributed by atoms with E-state index in [1.54, 1.807) is 0 Å². The minimum atomic E-state index is -1.18. The zero-order valence-electron chi connectivity index (χ0n) is 46.0. The fourth-order valence-corrected chi connectivity index (χ4v) is 6.99. The number of esters is 4. The van der Waals surface area contributed by atoms with Gasteiger partial charge in [0, 0.05) is 51.4 Å². The minimum absolute atomic E-state index is 0.0520. The van der Waals surface area contributed by atoms with Gasteiger partial charge in [-0.1, -0.05) is 0 Å². The zero-order valence-corrected chi connectivity index (χ0v) is 46.0. The SMILES string of the molecule is O=C(CC(=O)ON1C(=O)CCC1=O)OCCOCCOCC(COCCOCCOC(=O)CC(=O)ON1C(=O)CCC1=O)(COCCOCCOC(=O)CC(=O)ON1C(=O)CCC1=O)COCCOCCOC(=O)CC(=O)ON1C(=O)CCC1=O. The van der Waals surface area contributed by atoms with Crippen molar-refractivity contribution in [3.05, 3.63) is 0 Å². The Bertz CT molecular complexity index is 2020. The number of carbonyl (C=O) groups excluding carboxylic acids is 16. The Balaban J connectivity index is 1.25. The van der Waals surface area contributed by atoms with Gasteiger partial charge in [-0.25, -0.2) is 19.2 Å². The Morgan fingerprint density at radius 3 is 0.600 bits per heavy atom. The molecule has 0 atom stereocenters. The number of amides is 8. The van der Waals surface area contributed by atoms with E-state index in [0.717, 1.165) is 0 Å². The maximum absolute atomic E-state index is 12.1. The van der Waals surface area contributed by atoms with Crippen molar-refractivity contribution in [2.24, 2.45) is 5.41 Å². The molecule has 0 unspecified atom stereocenters. The highest BCUT2D eigenvalue weighted by atomic mass is 16.7. The first-order chi connectivity index (χ1) is 40.7. The molecule has 0 bridgehead atoms. The Morgan fingerprint density at radius 2 is 0.412 bits per heavy atom. The molecule has 4 heterocycles. The van der Waals surface area contributed by atoms with E-state index >= 15 is 0 Å². The second-order valence-corrected chi connectivity index (χ2v) is 17.9. The van der Waals surface area contributed by atoms with E-state index in [2.05, 4.69) is 19.4 Å². The highest BCUT2D eigenvalue weighted by Crippen LogP contribution is 2.22. The summed E-state index contributed by atoms with van der Waals surface area (Å²) in [4.78, 5) is 208. The molecule has 4 saturated heterocycles. The molecule has 0 radical (unpaired) electrons. The number of hydrogen-bond acceptors (Lipinski definition) is 32. The van der Waals surface area contributed by atoms with Gasteiger partial charge < -0.3 is 76.2 Å². The predicted octanol–water partition coefficient (Wildman–Crippen LogP) is -3.73. The zero-order chi connectivity index (χ0) is 62.0. The Morgan fingerprint density at radius 1 is 0.247 bits per heavy atom. The Labute approximate surface area is 481 Å². The lowest BCUT2D eigenvalue weighted by Crippen LogP contribution is -2.43. The highest BCUT2D eigenvalue weighted by Gasteiger charge is 2.37. The number of hydroxylamine groups is 8. The summed E-state index contributed by atoms with van der Waals surface area (Å²) in [5.41, 5.74) is -1.13. The van der Waals surface area contributed by atoms with Crippen LogP contribution in [0.5, 0.6) is 0 Å². The van der Waals surface area contributed by atoms with Crippen LogP contribution in [-0.4, -0.2) is 247 Å². The van der Waals surface area contributed by atoms with Gasteiger partial charge in [-0.2, -0.15) is 0 Å². The molecule has 36 heteroatoms. The summed E-state index contributed by atoms with van der Waals surface area (Å²) in [7, 11) is 0. The first kappa shape index (κ1) is 69.5. The van der Waals surface area contributed by atoms with Crippen LogP contribution in [-0.2, 0) is 153 Å². The Kier molecular flexibility index (Phi) is 31.1. The van der Waals surface area contributed by atoms with Gasteiger partial charge in [0.05, 0.1) is 111 Å². The third-order valence-electron chi connectivity index (χ3n) is 11.0. The average molecular weight is 1220 g/mol. The van der Waals surface area contributed by atoms with E-state index in [1.807, 2.05) is 0 Å². The van der Waals surface area contributed by atoms with E-state index in [-0.39, 0.29) is 184 Å². The summed E-state index contributed by atoms with van der Waals surface area (Å²) in [6, 6.07) is 0. The van der Waals surface area contributed by atoms with Gasteiger partial charge in [-0.05, 0) is 0 Å². The molecule has 4 aliphatic rings. The number of hydrogen-bond donors (Lipinski definition) is 0. The quantitative estimate of drug-likeness (QED) is 0.0186. The summed E-state index contributed by atoms with van der Waals surface area (Å²) in [5.74, 6) is -14.6. The van der Waals surface area contributed by atoms with Crippen molar-refractivity contribution in [1.82, 2.24) is 20.3 Å². The molecule has 0 saturated carbocycles. The van der Waals surface area contributed by atoms with E-state index in [9.17, 15) is 76.7 Å². The van der Waals surface area contributed by atoms with Gasteiger partial charge >= 0.3 is 47.8 Å². The van der Waals surface area contributed by atoms with Gasteiger partial charge in [0.25, 0.3) is 47.3 Å². The van der Waals surface area contributed by atoms with E-state index in [1.165, 1.54) is 0 Å². The Hall–Kier alpha value is -8.00. The largest absolute Gasteiger partial charge is 0.463 e. The lowest BCUT2D eigenvalue weighted by atomic mass is 9.92. The predicted molar refractivity (Wildman–Crippen MR) is 260 cm³/mol. The molecule has 0 aromatic carbocycles. The number of carbonyl (C=O) groups is 16. The van der Waals surface area contributed by atoms with Crippen molar-refractivity contribution in [2.45, 2.75) is 77.0 Å². The van der Waals surface area contributed by atoms with Crippen molar-refractivity contribution in [3.8, 4) is 0 Å². The number of ether oxygens (including phenoxy) is 12. The molecular weight excluding hydrogens is 1160 g/mol. The molecule has 4 aliphatic heterocycles. The van der Waals surface area contributed by atoms with Gasteiger partial charge in [-0.15, -0.1) is 20.3 Å². The first-order valence-corrected chi connectivity index (χ1v) is 26.3. The molecule has 4 rings (SSSR count). The summed E-state index contributed by atoms with van der Waals surface area (Å²) < 4.78 is 65.5. The van der Waals surface area contributed by atoms with Crippen LogP contribution in [0.1, 0.15) is 77.0 Å².